The molecule has 1 amide bonds. The molecule has 154 valence electrons. The molecule has 7 nitrogen and oxygen atoms in total. The summed E-state index contributed by atoms with van der Waals surface area (Å²) in [4.78, 5) is 40.8. The Morgan fingerprint density at radius 1 is 0.967 bits per heavy atom. The highest BCUT2D eigenvalue weighted by Gasteiger charge is 2.39. The van der Waals surface area contributed by atoms with Gasteiger partial charge in [0.2, 0.25) is 11.6 Å². The van der Waals surface area contributed by atoms with Crippen LogP contribution >= 0.6 is 0 Å². The monoisotopic (exact) mass is 424 g/mol. The van der Waals surface area contributed by atoms with Crippen molar-refractivity contribution in [2.24, 2.45) is 0 Å². The van der Waals surface area contributed by atoms with Crippen LogP contribution in [-0.4, -0.2) is 55.4 Å². The summed E-state index contributed by atoms with van der Waals surface area (Å²) >= 11 is 0. The summed E-state index contributed by atoms with van der Waals surface area (Å²) in [5.41, 5.74) is 0.684. The maximum Gasteiger partial charge on any atom is 0.255 e. The Labute approximate surface area is 174 Å². The zero-order valence-electron chi connectivity index (χ0n) is 16.3. The Kier molecular flexibility index (Phi) is 5.03. The number of ketones is 2. The van der Waals surface area contributed by atoms with Gasteiger partial charge in [0.25, 0.3) is 5.91 Å². The fourth-order valence-electron chi connectivity index (χ4n) is 3.85. The predicted octanol–water partition coefficient (Wildman–Crippen LogP) is 1.83. The summed E-state index contributed by atoms with van der Waals surface area (Å²) in [6.45, 7) is 0. The Hall–Kier alpha value is -3.26. The van der Waals surface area contributed by atoms with Crippen LogP contribution in [0.1, 0.15) is 37.5 Å². The number of hydrogen-bond donors (Lipinski definition) is 1. The van der Waals surface area contributed by atoms with E-state index in [0.29, 0.717) is 12.0 Å². The molecule has 0 saturated carbocycles. The molecule has 1 saturated heterocycles. The Balaban J connectivity index is 1.79. The predicted molar refractivity (Wildman–Crippen MR) is 111 cm³/mol. The number of sulfone groups is 1. The van der Waals surface area contributed by atoms with Crippen LogP contribution in [-0.2, 0) is 9.84 Å². The molecule has 8 heteroatoms. The molecule has 2 aromatic rings. The van der Waals surface area contributed by atoms with Crippen molar-refractivity contribution in [1.29, 1.82) is 0 Å². The van der Waals surface area contributed by atoms with Gasteiger partial charge in [-0.15, -0.1) is 0 Å². The number of amides is 1. The number of nitrogens with zero attached hydrogens (tertiary/aromatic N) is 1. The van der Waals surface area contributed by atoms with Crippen molar-refractivity contribution < 1.29 is 22.8 Å². The first kappa shape index (κ1) is 20.0. The molecule has 1 atom stereocenters. The lowest BCUT2D eigenvalue weighted by Gasteiger charge is -2.32. The van der Waals surface area contributed by atoms with E-state index in [-0.39, 0.29) is 34.0 Å². The van der Waals surface area contributed by atoms with Crippen LogP contribution in [0.3, 0.4) is 0 Å². The molecule has 2 aliphatic rings. The van der Waals surface area contributed by atoms with Crippen LogP contribution in [0.15, 0.2) is 66.0 Å². The number of hydrogen-bond acceptors (Lipinski definition) is 6. The third-order valence-electron chi connectivity index (χ3n) is 5.48. The normalized spacial score (nSPS) is 20.1. The number of allylic oxidation sites excluding steroid dienone is 2. The maximum absolute atomic E-state index is 13.3. The van der Waals surface area contributed by atoms with Crippen LogP contribution < -0.4 is 5.32 Å². The van der Waals surface area contributed by atoms with E-state index in [9.17, 15) is 22.8 Å². The highest BCUT2D eigenvalue weighted by atomic mass is 32.2. The summed E-state index contributed by atoms with van der Waals surface area (Å²) in [5, 5.41) is 2.61. The first-order chi connectivity index (χ1) is 14.3. The van der Waals surface area contributed by atoms with Gasteiger partial charge in [0.15, 0.2) is 9.84 Å². The van der Waals surface area contributed by atoms with Crippen LogP contribution in [0.4, 0.5) is 0 Å². The van der Waals surface area contributed by atoms with Gasteiger partial charge in [0.1, 0.15) is 11.4 Å². The van der Waals surface area contributed by atoms with Crippen LogP contribution in [0.2, 0.25) is 0 Å². The molecule has 1 aliphatic carbocycles. The number of Topliss-reactive ketones (excluding diaryl/α,β-unsaturated/α-hetero) is 2. The SMILES string of the molecule is CN(C1=C(NC(=O)c2ccccc2)C(=O)c2ccccc2C1=O)[C@@H]1CCS(=O)(=O)C1. The molecule has 1 fully saturated rings. The van der Waals surface area contributed by atoms with Crippen molar-refractivity contribution in [3.05, 3.63) is 82.7 Å². The van der Waals surface area contributed by atoms with E-state index >= 15 is 0 Å². The second kappa shape index (κ2) is 7.53. The highest BCUT2D eigenvalue weighted by molar-refractivity contribution is 7.91. The first-order valence-corrected chi connectivity index (χ1v) is 11.3. The van der Waals surface area contributed by atoms with Gasteiger partial charge >= 0.3 is 0 Å². The van der Waals surface area contributed by atoms with E-state index < -0.39 is 33.4 Å². The number of nitrogens with one attached hydrogen (secondary N) is 1. The van der Waals surface area contributed by atoms with Gasteiger partial charge in [0, 0.05) is 29.8 Å². The molecule has 0 bridgehead atoms. The van der Waals surface area contributed by atoms with Gasteiger partial charge in [-0.25, -0.2) is 8.42 Å². The van der Waals surface area contributed by atoms with Gasteiger partial charge in [-0.1, -0.05) is 42.5 Å². The van der Waals surface area contributed by atoms with Gasteiger partial charge in [0.05, 0.1) is 11.5 Å². The molecular weight excluding hydrogens is 404 g/mol. The molecule has 2 aromatic carbocycles. The minimum Gasteiger partial charge on any atom is -0.366 e. The molecule has 0 unspecified atom stereocenters. The molecule has 0 radical (unpaired) electrons. The van der Waals surface area contributed by atoms with E-state index in [1.165, 1.54) is 4.90 Å². The molecule has 0 spiro atoms. The Bertz CT molecular complexity index is 1190. The minimum absolute atomic E-state index is 0.0186. The lowest BCUT2D eigenvalue weighted by atomic mass is 9.89. The third kappa shape index (κ3) is 3.54. The minimum atomic E-state index is -3.20. The van der Waals surface area contributed by atoms with E-state index in [1.54, 1.807) is 61.6 Å². The van der Waals surface area contributed by atoms with E-state index in [0.717, 1.165) is 0 Å². The first-order valence-electron chi connectivity index (χ1n) is 9.51. The fourth-order valence-corrected chi connectivity index (χ4v) is 5.63. The van der Waals surface area contributed by atoms with E-state index in [4.69, 9.17) is 0 Å². The van der Waals surface area contributed by atoms with Crippen LogP contribution in [0.5, 0.6) is 0 Å². The van der Waals surface area contributed by atoms with Gasteiger partial charge in [-0.2, -0.15) is 0 Å². The summed E-state index contributed by atoms with van der Waals surface area (Å²) in [7, 11) is -1.61. The number of carbonyl (C=O) groups is 3. The summed E-state index contributed by atoms with van der Waals surface area (Å²) in [6, 6.07) is 14.3. The van der Waals surface area contributed by atoms with Crippen molar-refractivity contribution in [3.8, 4) is 0 Å². The number of benzene rings is 2. The van der Waals surface area contributed by atoms with Crippen molar-refractivity contribution in [1.82, 2.24) is 10.2 Å². The number of carbonyl (C=O) groups excluding carboxylic acids is 3. The zero-order valence-corrected chi connectivity index (χ0v) is 17.1. The van der Waals surface area contributed by atoms with Crippen LogP contribution in [0, 0.1) is 0 Å². The van der Waals surface area contributed by atoms with Gasteiger partial charge in [-0.05, 0) is 18.6 Å². The molecular formula is C22H20N2O5S. The van der Waals surface area contributed by atoms with Crippen molar-refractivity contribution in [2.45, 2.75) is 12.5 Å². The summed E-state index contributed by atoms with van der Waals surface area (Å²) < 4.78 is 23.9. The van der Waals surface area contributed by atoms with E-state index in [1.807, 2.05) is 0 Å². The number of likely N-dealkylation sites (N-methyl/N-ethyl adjacent to an activating group) is 1. The molecule has 0 aromatic heterocycles. The molecule has 1 N–H and O–H groups in total. The topological polar surface area (TPSA) is 101 Å². The quantitative estimate of drug-likeness (QED) is 0.804. The van der Waals surface area contributed by atoms with Crippen molar-refractivity contribution in [2.75, 3.05) is 18.6 Å². The fraction of sp³-hybridized carbons (Fsp3) is 0.227. The lowest BCUT2D eigenvalue weighted by molar-refractivity contribution is 0.0900. The average molecular weight is 424 g/mol. The van der Waals surface area contributed by atoms with Crippen molar-refractivity contribution >= 4 is 27.3 Å². The standard InChI is InChI=1S/C22H20N2O5S/c1-24(15-11-12-30(28,29)13-15)19-18(23-22(27)14-7-3-2-4-8-14)20(25)16-9-5-6-10-17(16)21(19)26/h2-10,15H,11-13H2,1H3,(H,23,27)/t15-/m1/s1. The Morgan fingerprint density at radius 3 is 2.17 bits per heavy atom. The smallest absolute Gasteiger partial charge is 0.255 e. The number of fused-ring (bicyclic) bond motifs is 1. The van der Waals surface area contributed by atoms with Gasteiger partial charge < -0.3 is 10.2 Å². The Morgan fingerprint density at radius 2 is 1.57 bits per heavy atom. The summed E-state index contributed by atoms with van der Waals surface area (Å²) in [5.74, 6) is -1.48. The van der Waals surface area contributed by atoms with Crippen LogP contribution in [0.25, 0.3) is 0 Å². The average Bonchev–Trinajstić information content (AvgIpc) is 3.12. The summed E-state index contributed by atoms with van der Waals surface area (Å²) in [6.07, 6.45) is 0.353. The third-order valence-corrected chi connectivity index (χ3v) is 7.23. The second-order valence-electron chi connectivity index (χ2n) is 7.42. The molecule has 1 aliphatic heterocycles. The molecule has 1 heterocycles. The zero-order chi connectivity index (χ0) is 21.5. The van der Waals surface area contributed by atoms with Gasteiger partial charge in [-0.3, -0.25) is 14.4 Å². The largest absolute Gasteiger partial charge is 0.366 e. The second-order valence-corrected chi connectivity index (χ2v) is 9.64. The van der Waals surface area contributed by atoms with Crippen molar-refractivity contribution in [3.63, 3.8) is 0 Å². The molecule has 30 heavy (non-hydrogen) atoms. The number of rotatable bonds is 4. The highest BCUT2D eigenvalue weighted by Crippen LogP contribution is 2.30. The van der Waals surface area contributed by atoms with E-state index in [2.05, 4.69) is 5.32 Å². The molecule has 4 rings (SSSR count). The lowest BCUT2D eigenvalue weighted by Crippen LogP contribution is -2.43. The maximum atomic E-state index is 13.3.